The minimum Gasteiger partial charge on any atom is -0.380 e. The monoisotopic (exact) mass is 326 g/mol. The summed E-state index contributed by atoms with van der Waals surface area (Å²) in [6.45, 7) is 3.86. The molecule has 4 nitrogen and oxygen atoms in total. The highest BCUT2D eigenvalue weighted by molar-refractivity contribution is 6.30. The summed E-state index contributed by atoms with van der Waals surface area (Å²) in [4.78, 5) is 14.4. The van der Waals surface area contributed by atoms with Gasteiger partial charge in [-0.25, -0.2) is 0 Å². The largest absolute Gasteiger partial charge is 0.380 e. The van der Waals surface area contributed by atoms with E-state index < -0.39 is 0 Å². The molecule has 0 fully saturated rings. The second-order valence-electron chi connectivity index (χ2n) is 5.45. The number of rotatable bonds is 10. The minimum atomic E-state index is -0.216. The Bertz CT molecular complexity index is 433. The van der Waals surface area contributed by atoms with E-state index in [1.807, 2.05) is 29.2 Å². The number of hydrogen-bond donors (Lipinski definition) is 1. The Morgan fingerprint density at radius 1 is 1.32 bits per heavy atom. The van der Waals surface area contributed by atoms with Gasteiger partial charge in [0.05, 0.1) is 12.5 Å². The number of hydrogen-bond acceptors (Lipinski definition) is 3. The summed E-state index contributed by atoms with van der Waals surface area (Å²) < 4.78 is 5.22. The molecule has 0 saturated carbocycles. The average molecular weight is 327 g/mol. The molecular formula is C17H27ClN2O2. The predicted octanol–water partition coefficient (Wildman–Crippen LogP) is 3.22. The number of ether oxygens (including phenoxy) is 1. The van der Waals surface area contributed by atoms with Crippen LogP contribution in [0.25, 0.3) is 0 Å². The van der Waals surface area contributed by atoms with Crippen molar-refractivity contribution in [1.29, 1.82) is 0 Å². The summed E-state index contributed by atoms with van der Waals surface area (Å²) in [5.74, 6) is 0.0864. The highest BCUT2D eigenvalue weighted by Gasteiger charge is 2.18. The second kappa shape index (κ2) is 10.6. The Balaban J connectivity index is 2.69. The highest BCUT2D eigenvalue weighted by atomic mass is 35.5. The lowest BCUT2D eigenvalue weighted by Crippen LogP contribution is -2.36. The van der Waals surface area contributed by atoms with Gasteiger partial charge in [0, 0.05) is 31.8 Å². The van der Waals surface area contributed by atoms with E-state index in [9.17, 15) is 4.79 Å². The first kappa shape index (κ1) is 18.9. The van der Waals surface area contributed by atoms with Crippen molar-refractivity contribution in [2.75, 3.05) is 20.2 Å². The summed E-state index contributed by atoms with van der Waals surface area (Å²) in [6, 6.07) is 7.62. The van der Waals surface area contributed by atoms with Gasteiger partial charge in [0.2, 0.25) is 5.91 Å². The molecule has 124 valence electrons. The van der Waals surface area contributed by atoms with Gasteiger partial charge in [0.1, 0.15) is 0 Å². The normalized spacial score (nSPS) is 12.2. The number of unbranched alkanes of at least 4 members (excludes halogenated alkanes) is 2. The lowest BCUT2D eigenvalue weighted by Gasteiger charge is -2.25. The van der Waals surface area contributed by atoms with E-state index in [4.69, 9.17) is 22.1 Å². The lowest BCUT2D eigenvalue weighted by atomic mass is 10.1. The van der Waals surface area contributed by atoms with Crippen molar-refractivity contribution in [3.63, 3.8) is 0 Å². The molecule has 0 aliphatic carbocycles. The molecule has 0 radical (unpaired) electrons. The number of halogens is 1. The summed E-state index contributed by atoms with van der Waals surface area (Å²) in [6.07, 6.45) is 3.37. The zero-order chi connectivity index (χ0) is 16.4. The minimum absolute atomic E-state index is 0.0864. The van der Waals surface area contributed by atoms with Gasteiger partial charge in [0.25, 0.3) is 0 Å². The van der Waals surface area contributed by atoms with Crippen molar-refractivity contribution in [2.24, 2.45) is 5.73 Å². The molecule has 22 heavy (non-hydrogen) atoms. The van der Waals surface area contributed by atoms with E-state index >= 15 is 0 Å². The first-order valence-corrected chi connectivity index (χ1v) is 8.23. The molecule has 0 bridgehead atoms. The Labute approximate surface area is 138 Å². The summed E-state index contributed by atoms with van der Waals surface area (Å²) in [5.41, 5.74) is 6.69. The van der Waals surface area contributed by atoms with Crippen molar-refractivity contribution >= 4 is 17.5 Å². The van der Waals surface area contributed by atoms with Crippen LogP contribution < -0.4 is 5.73 Å². The van der Waals surface area contributed by atoms with Crippen molar-refractivity contribution in [3.8, 4) is 0 Å². The third-order valence-corrected chi connectivity index (χ3v) is 3.92. The molecule has 0 spiro atoms. The highest BCUT2D eigenvalue weighted by Crippen LogP contribution is 2.14. The quantitative estimate of drug-likeness (QED) is 0.672. The lowest BCUT2D eigenvalue weighted by molar-refractivity contribution is -0.134. The molecule has 0 aromatic heterocycles. The molecular weight excluding hydrogens is 300 g/mol. The Morgan fingerprint density at radius 2 is 2.00 bits per heavy atom. The SMILES string of the molecule is CCCCCN(Cc1ccc(Cl)cc1)C(=O)CC(CN)OC. The van der Waals surface area contributed by atoms with Crippen LogP contribution >= 0.6 is 11.6 Å². The van der Waals surface area contributed by atoms with Gasteiger partial charge in [-0.1, -0.05) is 43.5 Å². The van der Waals surface area contributed by atoms with Gasteiger partial charge >= 0.3 is 0 Å². The molecule has 1 aromatic carbocycles. The number of methoxy groups -OCH3 is 1. The number of carbonyl (C=O) groups is 1. The molecule has 1 amide bonds. The van der Waals surface area contributed by atoms with Gasteiger partial charge in [-0.3, -0.25) is 4.79 Å². The van der Waals surface area contributed by atoms with Gasteiger partial charge in [-0.2, -0.15) is 0 Å². The Morgan fingerprint density at radius 3 is 2.55 bits per heavy atom. The molecule has 1 aromatic rings. The van der Waals surface area contributed by atoms with E-state index in [0.29, 0.717) is 24.5 Å². The van der Waals surface area contributed by atoms with Crippen LogP contribution in [0.3, 0.4) is 0 Å². The van der Waals surface area contributed by atoms with Crippen LogP contribution in [0.15, 0.2) is 24.3 Å². The standard InChI is InChI=1S/C17H27ClN2O2/c1-3-4-5-10-20(17(21)11-16(12-19)22-2)13-14-6-8-15(18)9-7-14/h6-9,16H,3-5,10-13,19H2,1-2H3. The zero-order valence-electron chi connectivity index (χ0n) is 13.6. The Hall–Kier alpha value is -1.10. The topological polar surface area (TPSA) is 55.6 Å². The first-order chi connectivity index (χ1) is 10.6. The van der Waals surface area contributed by atoms with Crippen LogP contribution in [-0.4, -0.2) is 37.1 Å². The molecule has 1 unspecified atom stereocenters. The molecule has 0 aliphatic heterocycles. The van der Waals surface area contributed by atoms with Gasteiger partial charge in [-0.15, -0.1) is 0 Å². The maximum Gasteiger partial charge on any atom is 0.225 e. The summed E-state index contributed by atoms with van der Waals surface area (Å²) in [7, 11) is 1.59. The average Bonchev–Trinajstić information content (AvgIpc) is 2.53. The number of nitrogens with two attached hydrogens (primary N) is 1. The maximum absolute atomic E-state index is 12.5. The van der Waals surface area contributed by atoms with Crippen LogP contribution in [0.5, 0.6) is 0 Å². The number of benzene rings is 1. The summed E-state index contributed by atoms with van der Waals surface area (Å²) in [5, 5.41) is 0.704. The molecule has 0 saturated heterocycles. The smallest absolute Gasteiger partial charge is 0.225 e. The molecule has 1 atom stereocenters. The molecule has 1 rings (SSSR count). The van der Waals surface area contributed by atoms with Crippen molar-refractivity contribution in [3.05, 3.63) is 34.9 Å². The van der Waals surface area contributed by atoms with Crippen LogP contribution in [0, 0.1) is 0 Å². The van der Waals surface area contributed by atoms with E-state index in [1.54, 1.807) is 7.11 Å². The maximum atomic E-state index is 12.5. The predicted molar refractivity (Wildman–Crippen MR) is 90.9 cm³/mol. The zero-order valence-corrected chi connectivity index (χ0v) is 14.3. The van der Waals surface area contributed by atoms with Crippen LogP contribution in [0.1, 0.15) is 38.2 Å². The number of carbonyl (C=O) groups excluding carboxylic acids is 1. The van der Waals surface area contributed by atoms with Crippen LogP contribution in [-0.2, 0) is 16.1 Å². The van der Waals surface area contributed by atoms with E-state index in [-0.39, 0.29) is 12.0 Å². The van der Waals surface area contributed by atoms with Crippen molar-refractivity contribution in [2.45, 2.75) is 45.3 Å². The molecule has 0 heterocycles. The second-order valence-corrected chi connectivity index (χ2v) is 5.88. The molecule has 2 N–H and O–H groups in total. The van der Waals surface area contributed by atoms with Gasteiger partial charge in [0.15, 0.2) is 0 Å². The van der Waals surface area contributed by atoms with Crippen molar-refractivity contribution < 1.29 is 9.53 Å². The fraction of sp³-hybridized carbons (Fsp3) is 0.588. The van der Waals surface area contributed by atoms with E-state index in [1.165, 1.54) is 0 Å². The van der Waals surface area contributed by atoms with Crippen LogP contribution in [0.2, 0.25) is 5.02 Å². The molecule has 5 heteroatoms. The summed E-state index contributed by atoms with van der Waals surface area (Å²) >= 11 is 5.91. The van der Waals surface area contributed by atoms with E-state index in [0.717, 1.165) is 31.4 Å². The van der Waals surface area contributed by atoms with Crippen LogP contribution in [0.4, 0.5) is 0 Å². The molecule has 0 aliphatic rings. The fourth-order valence-corrected chi connectivity index (χ4v) is 2.37. The van der Waals surface area contributed by atoms with Gasteiger partial charge < -0.3 is 15.4 Å². The van der Waals surface area contributed by atoms with E-state index in [2.05, 4.69) is 6.92 Å². The fourth-order valence-electron chi connectivity index (χ4n) is 2.24. The third kappa shape index (κ3) is 6.77. The van der Waals surface area contributed by atoms with Crippen molar-refractivity contribution in [1.82, 2.24) is 4.90 Å². The number of nitrogens with zero attached hydrogens (tertiary/aromatic N) is 1. The van der Waals surface area contributed by atoms with Gasteiger partial charge in [-0.05, 0) is 24.1 Å². The third-order valence-electron chi connectivity index (χ3n) is 3.67. The first-order valence-electron chi connectivity index (χ1n) is 7.85. The Kier molecular flexibility index (Phi) is 9.13. The number of amides is 1.